The molecule has 0 unspecified atom stereocenters. The fourth-order valence-corrected chi connectivity index (χ4v) is 1.84. The van der Waals surface area contributed by atoms with Crippen molar-refractivity contribution in [2.45, 2.75) is 13.8 Å². The summed E-state index contributed by atoms with van der Waals surface area (Å²) >= 11 is 1.33. The third-order valence-corrected chi connectivity index (χ3v) is 2.61. The molecule has 0 atom stereocenters. The van der Waals surface area contributed by atoms with Gasteiger partial charge in [-0.1, -0.05) is 13.8 Å². The zero-order valence-electron chi connectivity index (χ0n) is 8.33. The number of aromatic nitrogens is 2. The Balaban J connectivity index is 0.000000461. The van der Waals surface area contributed by atoms with E-state index in [-0.39, 0.29) is 11.2 Å². The molecule has 14 heavy (non-hydrogen) atoms. The fraction of sp³-hybridized carbons (Fsp3) is 0.333. The van der Waals surface area contributed by atoms with E-state index in [2.05, 4.69) is 4.98 Å². The van der Waals surface area contributed by atoms with Crippen LogP contribution in [0, 0.1) is 0 Å². The minimum atomic E-state index is -0.370. The molecule has 0 saturated carbocycles. The van der Waals surface area contributed by atoms with E-state index < -0.39 is 0 Å². The average Bonchev–Trinajstić information content (AvgIpc) is 2.65. The third-order valence-electron chi connectivity index (χ3n) is 1.71. The van der Waals surface area contributed by atoms with Crippen molar-refractivity contribution in [3.63, 3.8) is 0 Å². The number of hydrogen-bond acceptors (Lipinski definition) is 3. The van der Waals surface area contributed by atoms with Crippen molar-refractivity contribution in [1.29, 1.82) is 0 Å². The highest BCUT2D eigenvalue weighted by molar-refractivity contribution is 7.17. The van der Waals surface area contributed by atoms with Crippen LogP contribution in [0.3, 0.4) is 0 Å². The molecule has 2 aromatic rings. The zero-order chi connectivity index (χ0) is 10.7. The SMILES string of the molecule is CC.Cn1c(=O)[nH]c2ccsc2c1=O. The van der Waals surface area contributed by atoms with Crippen molar-refractivity contribution in [3.8, 4) is 0 Å². The number of rotatable bonds is 0. The number of aromatic amines is 1. The van der Waals surface area contributed by atoms with Gasteiger partial charge in [0.25, 0.3) is 5.56 Å². The summed E-state index contributed by atoms with van der Waals surface area (Å²) in [6.45, 7) is 4.00. The van der Waals surface area contributed by atoms with E-state index in [9.17, 15) is 9.59 Å². The van der Waals surface area contributed by atoms with Crippen LogP contribution in [0.25, 0.3) is 10.2 Å². The first kappa shape index (κ1) is 10.7. The van der Waals surface area contributed by atoms with E-state index in [0.29, 0.717) is 10.2 Å². The Morgan fingerprint density at radius 3 is 2.64 bits per heavy atom. The van der Waals surface area contributed by atoms with Gasteiger partial charge in [0, 0.05) is 7.05 Å². The first-order chi connectivity index (χ1) is 6.70. The molecule has 5 heteroatoms. The molecule has 76 valence electrons. The highest BCUT2D eigenvalue weighted by atomic mass is 32.1. The molecular weight excluding hydrogens is 200 g/mol. The molecule has 1 N–H and O–H groups in total. The summed E-state index contributed by atoms with van der Waals surface area (Å²) in [7, 11) is 1.46. The Labute approximate surface area is 84.8 Å². The van der Waals surface area contributed by atoms with Crippen molar-refractivity contribution < 1.29 is 0 Å². The second-order valence-electron chi connectivity index (χ2n) is 2.46. The van der Waals surface area contributed by atoms with E-state index in [4.69, 9.17) is 0 Å². The highest BCUT2D eigenvalue weighted by Gasteiger charge is 2.03. The predicted octanol–water partition coefficient (Wildman–Crippen LogP) is 1.31. The highest BCUT2D eigenvalue weighted by Crippen LogP contribution is 2.11. The summed E-state index contributed by atoms with van der Waals surface area (Å²) in [6.07, 6.45) is 0. The van der Waals surface area contributed by atoms with Gasteiger partial charge in [-0.2, -0.15) is 0 Å². The summed E-state index contributed by atoms with van der Waals surface area (Å²) < 4.78 is 1.66. The zero-order valence-corrected chi connectivity index (χ0v) is 9.14. The van der Waals surface area contributed by atoms with Gasteiger partial charge in [0.1, 0.15) is 4.70 Å². The maximum atomic E-state index is 11.4. The molecule has 0 aliphatic rings. The lowest BCUT2D eigenvalue weighted by Gasteiger charge is -1.93. The minimum absolute atomic E-state index is 0.233. The molecule has 0 spiro atoms. The fourth-order valence-electron chi connectivity index (χ4n) is 1.02. The Morgan fingerprint density at radius 1 is 1.36 bits per heavy atom. The van der Waals surface area contributed by atoms with Gasteiger partial charge in [0.15, 0.2) is 0 Å². The molecule has 2 rings (SSSR count). The van der Waals surface area contributed by atoms with Crippen molar-refractivity contribution >= 4 is 21.6 Å². The lowest BCUT2D eigenvalue weighted by molar-refractivity contribution is 0.796. The largest absolute Gasteiger partial charge is 0.328 e. The van der Waals surface area contributed by atoms with Gasteiger partial charge in [-0.15, -0.1) is 11.3 Å². The van der Waals surface area contributed by atoms with Crippen LogP contribution in [0.15, 0.2) is 21.0 Å². The number of nitrogens with one attached hydrogen (secondary N) is 1. The van der Waals surface area contributed by atoms with Crippen LogP contribution in [-0.4, -0.2) is 9.55 Å². The second-order valence-corrected chi connectivity index (χ2v) is 3.37. The van der Waals surface area contributed by atoms with Crippen molar-refractivity contribution in [3.05, 3.63) is 32.3 Å². The molecule has 0 aliphatic carbocycles. The van der Waals surface area contributed by atoms with Gasteiger partial charge in [-0.25, -0.2) is 4.79 Å². The standard InChI is InChI=1S/C7H6N2O2S.C2H6/c1-9-6(10)5-4(2-3-12-5)8-7(9)11;1-2/h2-3H,1H3,(H,8,11);1-2H3. The van der Waals surface area contributed by atoms with Gasteiger partial charge in [0.2, 0.25) is 0 Å². The van der Waals surface area contributed by atoms with Gasteiger partial charge in [0.05, 0.1) is 5.52 Å². The topological polar surface area (TPSA) is 54.9 Å². The van der Waals surface area contributed by atoms with Crippen LogP contribution in [0.5, 0.6) is 0 Å². The Bertz CT molecular complexity index is 535. The molecular formula is C9H12N2O2S. The van der Waals surface area contributed by atoms with Crippen molar-refractivity contribution in [2.24, 2.45) is 7.05 Å². The monoisotopic (exact) mass is 212 g/mol. The normalized spacial score (nSPS) is 9.64. The van der Waals surface area contributed by atoms with Crippen molar-refractivity contribution in [1.82, 2.24) is 9.55 Å². The van der Waals surface area contributed by atoms with E-state index in [0.717, 1.165) is 4.57 Å². The van der Waals surface area contributed by atoms with Gasteiger partial charge < -0.3 is 4.98 Å². The van der Waals surface area contributed by atoms with Crippen LogP contribution in [0.2, 0.25) is 0 Å². The first-order valence-corrected chi connectivity index (χ1v) is 5.24. The van der Waals surface area contributed by atoms with E-state index in [1.54, 1.807) is 11.4 Å². The summed E-state index contributed by atoms with van der Waals surface area (Å²) in [5.41, 5.74) is 0.0164. The number of thiophene rings is 1. The summed E-state index contributed by atoms with van der Waals surface area (Å²) in [4.78, 5) is 25.0. The predicted molar refractivity (Wildman–Crippen MR) is 59.0 cm³/mol. The maximum Gasteiger partial charge on any atom is 0.328 e. The third kappa shape index (κ3) is 1.63. The van der Waals surface area contributed by atoms with Crippen LogP contribution in [-0.2, 0) is 7.05 Å². The van der Waals surface area contributed by atoms with Gasteiger partial charge >= 0.3 is 5.69 Å². The molecule has 4 nitrogen and oxygen atoms in total. The lowest BCUT2D eigenvalue weighted by atomic mass is 10.5. The Kier molecular flexibility index (Phi) is 3.24. The van der Waals surface area contributed by atoms with E-state index >= 15 is 0 Å². The second kappa shape index (κ2) is 4.23. The first-order valence-electron chi connectivity index (χ1n) is 4.36. The van der Waals surface area contributed by atoms with Crippen LogP contribution < -0.4 is 11.2 Å². The minimum Gasteiger partial charge on any atom is -0.306 e. The van der Waals surface area contributed by atoms with E-state index in [1.807, 2.05) is 13.8 Å². The molecule has 0 amide bonds. The average molecular weight is 212 g/mol. The van der Waals surface area contributed by atoms with Crippen LogP contribution in [0.4, 0.5) is 0 Å². The molecule has 0 aromatic carbocycles. The van der Waals surface area contributed by atoms with Gasteiger partial charge in [-0.05, 0) is 11.4 Å². The van der Waals surface area contributed by atoms with Crippen molar-refractivity contribution in [2.75, 3.05) is 0 Å². The molecule has 0 bridgehead atoms. The smallest absolute Gasteiger partial charge is 0.306 e. The lowest BCUT2D eigenvalue weighted by Crippen LogP contribution is -2.31. The molecule has 0 saturated heterocycles. The van der Waals surface area contributed by atoms with E-state index in [1.165, 1.54) is 18.4 Å². The Hall–Kier alpha value is -1.36. The molecule has 0 aliphatic heterocycles. The number of hydrogen-bond donors (Lipinski definition) is 1. The maximum absolute atomic E-state index is 11.4. The van der Waals surface area contributed by atoms with Crippen LogP contribution in [0.1, 0.15) is 13.8 Å². The number of fused-ring (bicyclic) bond motifs is 1. The molecule has 2 heterocycles. The Morgan fingerprint density at radius 2 is 2.00 bits per heavy atom. The summed E-state index contributed by atoms with van der Waals surface area (Å²) in [6, 6.07) is 1.72. The summed E-state index contributed by atoms with van der Waals surface area (Å²) in [5, 5.41) is 1.78. The quantitative estimate of drug-likeness (QED) is 0.716. The van der Waals surface area contributed by atoms with Gasteiger partial charge in [-0.3, -0.25) is 9.36 Å². The molecule has 0 radical (unpaired) electrons. The number of H-pyrrole nitrogens is 1. The number of nitrogens with zero attached hydrogens (tertiary/aromatic N) is 1. The molecule has 0 fully saturated rings. The summed E-state index contributed by atoms with van der Waals surface area (Å²) in [5.74, 6) is 0. The molecule has 2 aromatic heterocycles. The van der Waals surface area contributed by atoms with Crippen LogP contribution >= 0.6 is 11.3 Å².